The SMILES string of the molecule is COc1ccc(NCCNC(C)C)cc1C(C)C. The van der Waals surface area contributed by atoms with Crippen LogP contribution in [-0.2, 0) is 0 Å². The molecule has 0 aliphatic rings. The van der Waals surface area contributed by atoms with Crippen LogP contribution in [0.5, 0.6) is 5.75 Å². The number of methoxy groups -OCH3 is 1. The Morgan fingerprint density at radius 3 is 2.39 bits per heavy atom. The number of rotatable bonds is 7. The molecule has 0 radical (unpaired) electrons. The maximum absolute atomic E-state index is 5.38. The predicted octanol–water partition coefficient (Wildman–Crippen LogP) is 3.23. The van der Waals surface area contributed by atoms with Crippen LogP contribution in [0.15, 0.2) is 18.2 Å². The van der Waals surface area contributed by atoms with Gasteiger partial charge in [0.2, 0.25) is 0 Å². The molecular formula is C15H26N2O. The van der Waals surface area contributed by atoms with Crippen molar-refractivity contribution in [2.24, 2.45) is 0 Å². The summed E-state index contributed by atoms with van der Waals surface area (Å²) in [6.07, 6.45) is 0. The minimum Gasteiger partial charge on any atom is -0.496 e. The van der Waals surface area contributed by atoms with E-state index in [1.165, 1.54) is 5.56 Å². The molecule has 1 aromatic carbocycles. The molecule has 1 aromatic rings. The van der Waals surface area contributed by atoms with Gasteiger partial charge in [0.25, 0.3) is 0 Å². The topological polar surface area (TPSA) is 33.3 Å². The lowest BCUT2D eigenvalue weighted by atomic mass is 10.0. The summed E-state index contributed by atoms with van der Waals surface area (Å²) in [5.74, 6) is 1.44. The maximum Gasteiger partial charge on any atom is 0.122 e. The minimum atomic E-state index is 0.468. The predicted molar refractivity (Wildman–Crippen MR) is 78.7 cm³/mol. The average Bonchev–Trinajstić information content (AvgIpc) is 2.34. The highest BCUT2D eigenvalue weighted by Crippen LogP contribution is 2.28. The van der Waals surface area contributed by atoms with Crippen molar-refractivity contribution < 1.29 is 4.74 Å². The average molecular weight is 250 g/mol. The summed E-state index contributed by atoms with van der Waals surface area (Å²) >= 11 is 0. The van der Waals surface area contributed by atoms with Gasteiger partial charge in [0.1, 0.15) is 5.75 Å². The molecule has 0 aliphatic carbocycles. The van der Waals surface area contributed by atoms with E-state index in [1.807, 2.05) is 6.07 Å². The Hall–Kier alpha value is -1.22. The zero-order chi connectivity index (χ0) is 13.5. The van der Waals surface area contributed by atoms with Gasteiger partial charge in [-0.2, -0.15) is 0 Å². The fourth-order valence-corrected chi connectivity index (χ4v) is 1.86. The first-order chi connectivity index (χ1) is 8.54. The van der Waals surface area contributed by atoms with Crippen LogP contribution in [0.3, 0.4) is 0 Å². The van der Waals surface area contributed by atoms with Crippen molar-refractivity contribution in [1.82, 2.24) is 5.32 Å². The molecular weight excluding hydrogens is 224 g/mol. The van der Waals surface area contributed by atoms with Crippen LogP contribution >= 0.6 is 0 Å². The Bertz CT molecular complexity index is 362. The molecule has 0 fully saturated rings. The van der Waals surface area contributed by atoms with E-state index in [4.69, 9.17) is 4.74 Å². The number of ether oxygens (including phenoxy) is 1. The normalized spacial score (nSPS) is 11.1. The van der Waals surface area contributed by atoms with Gasteiger partial charge in [0.15, 0.2) is 0 Å². The van der Waals surface area contributed by atoms with Gasteiger partial charge in [0, 0.05) is 24.8 Å². The number of hydrogen-bond donors (Lipinski definition) is 2. The van der Waals surface area contributed by atoms with Gasteiger partial charge in [-0.1, -0.05) is 27.7 Å². The first-order valence-electron chi connectivity index (χ1n) is 6.69. The molecule has 0 aliphatic heterocycles. The molecule has 0 aromatic heterocycles. The molecule has 0 saturated carbocycles. The van der Waals surface area contributed by atoms with E-state index >= 15 is 0 Å². The van der Waals surface area contributed by atoms with E-state index in [9.17, 15) is 0 Å². The summed E-state index contributed by atoms with van der Waals surface area (Å²) in [5, 5.41) is 6.82. The highest BCUT2D eigenvalue weighted by atomic mass is 16.5. The summed E-state index contributed by atoms with van der Waals surface area (Å²) in [4.78, 5) is 0. The molecule has 0 unspecified atom stereocenters. The summed E-state index contributed by atoms with van der Waals surface area (Å²) in [6, 6.07) is 6.82. The fourth-order valence-electron chi connectivity index (χ4n) is 1.86. The zero-order valence-corrected chi connectivity index (χ0v) is 12.2. The van der Waals surface area contributed by atoms with Gasteiger partial charge in [-0.05, 0) is 29.7 Å². The molecule has 102 valence electrons. The van der Waals surface area contributed by atoms with Crippen LogP contribution in [-0.4, -0.2) is 26.2 Å². The molecule has 2 N–H and O–H groups in total. The monoisotopic (exact) mass is 250 g/mol. The number of hydrogen-bond acceptors (Lipinski definition) is 3. The highest BCUT2D eigenvalue weighted by Gasteiger charge is 2.07. The second-order valence-electron chi connectivity index (χ2n) is 5.15. The fraction of sp³-hybridized carbons (Fsp3) is 0.600. The van der Waals surface area contributed by atoms with Crippen LogP contribution in [0.25, 0.3) is 0 Å². The van der Waals surface area contributed by atoms with E-state index in [0.717, 1.165) is 24.5 Å². The van der Waals surface area contributed by atoms with Crippen molar-refractivity contribution in [3.05, 3.63) is 23.8 Å². The van der Waals surface area contributed by atoms with Crippen LogP contribution < -0.4 is 15.4 Å². The Morgan fingerprint density at radius 1 is 1.11 bits per heavy atom. The molecule has 3 nitrogen and oxygen atoms in total. The quantitative estimate of drug-likeness (QED) is 0.729. The number of nitrogens with one attached hydrogen (secondary N) is 2. The van der Waals surface area contributed by atoms with E-state index < -0.39 is 0 Å². The lowest BCUT2D eigenvalue weighted by molar-refractivity contribution is 0.407. The van der Waals surface area contributed by atoms with Gasteiger partial charge in [0.05, 0.1) is 7.11 Å². The van der Waals surface area contributed by atoms with Crippen molar-refractivity contribution in [1.29, 1.82) is 0 Å². The van der Waals surface area contributed by atoms with Gasteiger partial charge in [-0.25, -0.2) is 0 Å². The minimum absolute atomic E-state index is 0.468. The molecule has 0 atom stereocenters. The van der Waals surface area contributed by atoms with Crippen LogP contribution in [0.4, 0.5) is 5.69 Å². The van der Waals surface area contributed by atoms with Crippen molar-refractivity contribution in [3.63, 3.8) is 0 Å². The van der Waals surface area contributed by atoms with E-state index in [-0.39, 0.29) is 0 Å². The molecule has 18 heavy (non-hydrogen) atoms. The van der Waals surface area contributed by atoms with Crippen molar-refractivity contribution >= 4 is 5.69 Å². The maximum atomic E-state index is 5.38. The van der Waals surface area contributed by atoms with Gasteiger partial charge >= 0.3 is 0 Å². The Morgan fingerprint density at radius 2 is 1.83 bits per heavy atom. The van der Waals surface area contributed by atoms with Gasteiger partial charge < -0.3 is 15.4 Å². The third-order valence-corrected chi connectivity index (χ3v) is 2.86. The van der Waals surface area contributed by atoms with Crippen LogP contribution in [0, 0.1) is 0 Å². The van der Waals surface area contributed by atoms with E-state index in [1.54, 1.807) is 7.11 Å². The standard InChI is InChI=1S/C15H26N2O/c1-11(2)14-10-13(6-7-15(14)18-5)17-9-8-16-12(3)4/h6-7,10-12,16-17H,8-9H2,1-5H3. The second-order valence-corrected chi connectivity index (χ2v) is 5.15. The van der Waals surface area contributed by atoms with Crippen molar-refractivity contribution in [2.75, 3.05) is 25.5 Å². The molecule has 0 bridgehead atoms. The molecule has 0 heterocycles. The lowest BCUT2D eigenvalue weighted by Gasteiger charge is -2.15. The Kier molecular flexibility index (Phi) is 5.99. The molecule has 3 heteroatoms. The van der Waals surface area contributed by atoms with Gasteiger partial charge in [-0.3, -0.25) is 0 Å². The summed E-state index contributed by atoms with van der Waals surface area (Å²) in [5.41, 5.74) is 2.41. The first kappa shape index (κ1) is 14.8. The van der Waals surface area contributed by atoms with E-state index in [2.05, 4.69) is 50.5 Å². The smallest absolute Gasteiger partial charge is 0.122 e. The highest BCUT2D eigenvalue weighted by molar-refractivity contribution is 5.52. The van der Waals surface area contributed by atoms with Gasteiger partial charge in [-0.15, -0.1) is 0 Å². The molecule has 0 spiro atoms. The lowest BCUT2D eigenvalue weighted by Crippen LogP contribution is -2.28. The zero-order valence-electron chi connectivity index (χ0n) is 12.2. The summed E-state index contributed by atoms with van der Waals surface area (Å²) in [6.45, 7) is 10.6. The Balaban J connectivity index is 2.59. The number of anilines is 1. The van der Waals surface area contributed by atoms with Crippen molar-refractivity contribution in [3.8, 4) is 5.75 Å². The van der Waals surface area contributed by atoms with E-state index in [0.29, 0.717) is 12.0 Å². The number of benzene rings is 1. The molecule has 0 saturated heterocycles. The largest absolute Gasteiger partial charge is 0.496 e. The molecule has 1 rings (SSSR count). The van der Waals surface area contributed by atoms with Crippen LogP contribution in [0.2, 0.25) is 0 Å². The second kappa shape index (κ2) is 7.27. The van der Waals surface area contributed by atoms with Crippen LogP contribution in [0.1, 0.15) is 39.2 Å². The molecule has 0 amide bonds. The Labute approximate surface area is 111 Å². The third kappa shape index (κ3) is 4.57. The summed E-state index contributed by atoms with van der Waals surface area (Å²) in [7, 11) is 1.72. The summed E-state index contributed by atoms with van der Waals surface area (Å²) < 4.78 is 5.38. The first-order valence-corrected chi connectivity index (χ1v) is 6.69. The third-order valence-electron chi connectivity index (χ3n) is 2.86. The van der Waals surface area contributed by atoms with Crippen molar-refractivity contribution in [2.45, 2.75) is 39.7 Å².